The summed E-state index contributed by atoms with van der Waals surface area (Å²) < 4.78 is 7.23. The molecule has 0 saturated carbocycles. The SMILES string of the molecule is CCOC(=O)Cn1c(C2CCNCC2)cc2cc(Cl)ccc21. The van der Waals surface area contributed by atoms with Gasteiger partial charge in [0.25, 0.3) is 0 Å². The van der Waals surface area contributed by atoms with Crippen LogP contribution in [0.2, 0.25) is 5.02 Å². The van der Waals surface area contributed by atoms with E-state index in [4.69, 9.17) is 16.3 Å². The predicted octanol–water partition coefficient (Wildman–Crippen LogP) is 3.32. The minimum absolute atomic E-state index is 0.190. The molecular weight excluding hydrogens is 300 g/mol. The Balaban J connectivity index is 2.02. The summed E-state index contributed by atoms with van der Waals surface area (Å²) in [6.45, 7) is 4.54. The number of esters is 1. The first-order chi connectivity index (χ1) is 10.7. The number of nitrogens with one attached hydrogen (secondary N) is 1. The smallest absolute Gasteiger partial charge is 0.325 e. The summed E-state index contributed by atoms with van der Waals surface area (Å²) in [5.41, 5.74) is 2.26. The number of ether oxygens (including phenoxy) is 1. The third-order valence-electron chi connectivity index (χ3n) is 4.25. The number of carbonyl (C=O) groups is 1. The van der Waals surface area contributed by atoms with Gasteiger partial charge in [0, 0.05) is 27.5 Å². The standard InChI is InChI=1S/C17H21ClN2O2/c1-2-22-17(21)11-20-15-4-3-14(18)9-13(15)10-16(20)12-5-7-19-8-6-12/h3-4,9-10,12,19H,2,5-8,11H2,1H3. The van der Waals surface area contributed by atoms with E-state index in [0.717, 1.165) is 41.9 Å². The van der Waals surface area contributed by atoms with Crippen molar-refractivity contribution in [1.29, 1.82) is 0 Å². The molecule has 0 spiro atoms. The van der Waals surface area contributed by atoms with E-state index in [-0.39, 0.29) is 12.5 Å². The first-order valence-corrected chi connectivity index (χ1v) is 8.22. The molecule has 0 atom stereocenters. The minimum atomic E-state index is -0.190. The van der Waals surface area contributed by atoms with Crippen LogP contribution in [0, 0.1) is 0 Å². The van der Waals surface area contributed by atoms with Gasteiger partial charge in [0.15, 0.2) is 0 Å². The first kappa shape index (κ1) is 15.4. The Hall–Kier alpha value is -1.52. The van der Waals surface area contributed by atoms with Crippen LogP contribution >= 0.6 is 11.6 Å². The first-order valence-electron chi connectivity index (χ1n) is 7.84. The number of fused-ring (bicyclic) bond motifs is 1. The molecule has 0 aliphatic carbocycles. The molecule has 22 heavy (non-hydrogen) atoms. The van der Waals surface area contributed by atoms with Gasteiger partial charge in [-0.25, -0.2) is 0 Å². The van der Waals surface area contributed by atoms with Gasteiger partial charge in [0.2, 0.25) is 0 Å². The molecule has 2 aromatic rings. The molecule has 0 bridgehead atoms. The van der Waals surface area contributed by atoms with Gasteiger partial charge in [-0.15, -0.1) is 0 Å². The predicted molar refractivity (Wildman–Crippen MR) is 88.4 cm³/mol. The van der Waals surface area contributed by atoms with E-state index in [9.17, 15) is 4.79 Å². The second-order valence-electron chi connectivity index (χ2n) is 5.69. The molecule has 1 aromatic heterocycles. The lowest BCUT2D eigenvalue weighted by Crippen LogP contribution is -2.28. The van der Waals surface area contributed by atoms with Gasteiger partial charge in [-0.3, -0.25) is 4.79 Å². The van der Waals surface area contributed by atoms with E-state index in [1.807, 2.05) is 25.1 Å². The van der Waals surface area contributed by atoms with Crippen molar-refractivity contribution in [3.63, 3.8) is 0 Å². The van der Waals surface area contributed by atoms with E-state index >= 15 is 0 Å². The molecule has 5 heteroatoms. The third-order valence-corrected chi connectivity index (χ3v) is 4.48. The van der Waals surface area contributed by atoms with E-state index in [1.54, 1.807) is 0 Å². The summed E-state index contributed by atoms with van der Waals surface area (Å²) in [7, 11) is 0. The summed E-state index contributed by atoms with van der Waals surface area (Å²) in [6, 6.07) is 8.00. The van der Waals surface area contributed by atoms with Crippen LogP contribution in [0.4, 0.5) is 0 Å². The molecule has 1 N–H and O–H groups in total. The maximum atomic E-state index is 12.0. The Kier molecular flexibility index (Phi) is 4.69. The number of hydrogen-bond acceptors (Lipinski definition) is 3. The summed E-state index contributed by atoms with van der Waals surface area (Å²) in [4.78, 5) is 12.0. The number of halogens is 1. The normalized spacial score (nSPS) is 16.1. The van der Waals surface area contributed by atoms with Crippen molar-refractivity contribution in [2.75, 3.05) is 19.7 Å². The zero-order valence-electron chi connectivity index (χ0n) is 12.8. The molecule has 3 rings (SSSR count). The van der Waals surface area contributed by atoms with Crippen molar-refractivity contribution < 1.29 is 9.53 Å². The molecule has 1 aromatic carbocycles. The molecule has 2 heterocycles. The van der Waals surface area contributed by atoms with Crippen LogP contribution in [0.15, 0.2) is 24.3 Å². The average molecular weight is 321 g/mol. The molecule has 0 amide bonds. The van der Waals surface area contributed by atoms with Gasteiger partial charge < -0.3 is 14.6 Å². The fourth-order valence-electron chi connectivity index (χ4n) is 3.23. The molecule has 0 unspecified atom stereocenters. The molecule has 1 aliphatic heterocycles. The van der Waals surface area contributed by atoms with Crippen molar-refractivity contribution in [1.82, 2.24) is 9.88 Å². The number of nitrogens with zero attached hydrogens (tertiary/aromatic N) is 1. The number of piperidine rings is 1. The topological polar surface area (TPSA) is 43.3 Å². The molecule has 1 saturated heterocycles. The van der Waals surface area contributed by atoms with Crippen LogP contribution in [0.25, 0.3) is 10.9 Å². The number of aromatic nitrogens is 1. The Labute approximate surface area is 135 Å². The van der Waals surface area contributed by atoms with E-state index in [2.05, 4.69) is 16.0 Å². The monoisotopic (exact) mass is 320 g/mol. The highest BCUT2D eigenvalue weighted by Crippen LogP contribution is 2.32. The van der Waals surface area contributed by atoms with Crippen LogP contribution in [0.3, 0.4) is 0 Å². The van der Waals surface area contributed by atoms with E-state index < -0.39 is 0 Å². The Morgan fingerprint density at radius 2 is 2.14 bits per heavy atom. The summed E-state index contributed by atoms with van der Waals surface area (Å²) in [6.07, 6.45) is 2.18. The van der Waals surface area contributed by atoms with Crippen LogP contribution in [0.1, 0.15) is 31.4 Å². The van der Waals surface area contributed by atoms with Crippen molar-refractivity contribution >= 4 is 28.5 Å². The quantitative estimate of drug-likeness (QED) is 0.879. The zero-order chi connectivity index (χ0) is 15.5. The molecule has 0 radical (unpaired) electrons. The second-order valence-corrected chi connectivity index (χ2v) is 6.12. The van der Waals surface area contributed by atoms with Crippen molar-refractivity contribution in [3.8, 4) is 0 Å². The van der Waals surface area contributed by atoms with Gasteiger partial charge in [0.05, 0.1) is 6.61 Å². The lowest BCUT2D eigenvalue weighted by Gasteiger charge is -2.24. The highest BCUT2D eigenvalue weighted by Gasteiger charge is 2.22. The van der Waals surface area contributed by atoms with Gasteiger partial charge >= 0.3 is 5.97 Å². The molecule has 1 aliphatic rings. The number of benzene rings is 1. The Morgan fingerprint density at radius 1 is 1.36 bits per heavy atom. The lowest BCUT2D eigenvalue weighted by atomic mass is 9.94. The van der Waals surface area contributed by atoms with E-state index in [0.29, 0.717) is 12.5 Å². The van der Waals surface area contributed by atoms with Crippen molar-refractivity contribution in [3.05, 3.63) is 35.0 Å². The maximum Gasteiger partial charge on any atom is 0.325 e. The fourth-order valence-corrected chi connectivity index (χ4v) is 3.41. The summed E-state index contributed by atoms with van der Waals surface area (Å²) in [5, 5.41) is 5.19. The highest BCUT2D eigenvalue weighted by atomic mass is 35.5. The third kappa shape index (κ3) is 3.13. The Bertz CT molecular complexity index is 675. The van der Waals surface area contributed by atoms with Gasteiger partial charge in [0.1, 0.15) is 6.54 Å². The van der Waals surface area contributed by atoms with Gasteiger partial charge in [-0.1, -0.05) is 11.6 Å². The molecule has 118 valence electrons. The van der Waals surface area contributed by atoms with Crippen LogP contribution < -0.4 is 5.32 Å². The summed E-state index contributed by atoms with van der Waals surface area (Å²) >= 11 is 6.11. The van der Waals surface area contributed by atoms with Crippen LogP contribution in [-0.2, 0) is 16.1 Å². The van der Waals surface area contributed by atoms with Crippen molar-refractivity contribution in [2.45, 2.75) is 32.2 Å². The van der Waals surface area contributed by atoms with E-state index in [1.165, 1.54) is 5.69 Å². The highest BCUT2D eigenvalue weighted by molar-refractivity contribution is 6.31. The second kappa shape index (κ2) is 6.71. The largest absolute Gasteiger partial charge is 0.465 e. The van der Waals surface area contributed by atoms with Gasteiger partial charge in [-0.2, -0.15) is 0 Å². The number of rotatable bonds is 4. The summed E-state index contributed by atoms with van der Waals surface area (Å²) in [5.74, 6) is 0.284. The van der Waals surface area contributed by atoms with Crippen molar-refractivity contribution in [2.24, 2.45) is 0 Å². The van der Waals surface area contributed by atoms with Crippen LogP contribution in [0.5, 0.6) is 0 Å². The average Bonchev–Trinajstić information content (AvgIpc) is 2.86. The molecule has 1 fully saturated rings. The number of carbonyl (C=O) groups excluding carboxylic acids is 1. The fraction of sp³-hybridized carbons (Fsp3) is 0.471. The molecule has 4 nitrogen and oxygen atoms in total. The lowest BCUT2D eigenvalue weighted by molar-refractivity contribution is -0.143. The Morgan fingerprint density at radius 3 is 2.86 bits per heavy atom. The van der Waals surface area contributed by atoms with Crippen LogP contribution in [-0.4, -0.2) is 30.2 Å². The molecular formula is C17H21ClN2O2. The zero-order valence-corrected chi connectivity index (χ0v) is 13.5. The number of hydrogen-bond donors (Lipinski definition) is 1. The van der Waals surface area contributed by atoms with Gasteiger partial charge in [-0.05, 0) is 57.1 Å². The maximum absolute atomic E-state index is 12.0. The minimum Gasteiger partial charge on any atom is -0.465 e.